The van der Waals surface area contributed by atoms with Crippen molar-refractivity contribution in [1.29, 1.82) is 0 Å². The number of hydrogen-bond acceptors (Lipinski definition) is 5. The van der Waals surface area contributed by atoms with Crippen molar-refractivity contribution >= 4 is 33.5 Å². The molecule has 2 heterocycles. The predicted molar refractivity (Wildman–Crippen MR) is 86.3 cm³/mol. The molecular formula is C14H17BrN4S. The van der Waals surface area contributed by atoms with Gasteiger partial charge >= 0.3 is 0 Å². The monoisotopic (exact) mass is 352 g/mol. The van der Waals surface area contributed by atoms with Crippen LogP contribution in [0, 0.1) is 0 Å². The van der Waals surface area contributed by atoms with Crippen molar-refractivity contribution in [1.82, 2.24) is 15.0 Å². The van der Waals surface area contributed by atoms with E-state index >= 15 is 0 Å². The van der Waals surface area contributed by atoms with Crippen molar-refractivity contribution < 1.29 is 0 Å². The maximum atomic E-state index is 4.58. The molecule has 0 fully saturated rings. The summed E-state index contributed by atoms with van der Waals surface area (Å²) < 4.78 is 0.976. The Bertz CT molecular complexity index is 535. The van der Waals surface area contributed by atoms with Gasteiger partial charge in [0.1, 0.15) is 21.7 Å². The fraction of sp³-hybridized carbons (Fsp3) is 0.357. The van der Waals surface area contributed by atoms with Crippen LogP contribution in [0.15, 0.2) is 38.9 Å². The normalized spacial score (nSPS) is 10.6. The Kier molecular flexibility index (Phi) is 5.79. The molecule has 0 aliphatic rings. The molecule has 2 aromatic heterocycles. The van der Waals surface area contributed by atoms with Gasteiger partial charge in [0.2, 0.25) is 0 Å². The second-order valence-electron chi connectivity index (χ2n) is 4.20. The van der Waals surface area contributed by atoms with E-state index in [0.717, 1.165) is 45.6 Å². The Morgan fingerprint density at radius 3 is 2.70 bits per heavy atom. The molecule has 0 atom stereocenters. The largest absolute Gasteiger partial charge is 0.370 e. The minimum Gasteiger partial charge on any atom is -0.370 e. The van der Waals surface area contributed by atoms with Gasteiger partial charge in [0.25, 0.3) is 0 Å². The van der Waals surface area contributed by atoms with Crippen LogP contribution in [0.3, 0.4) is 0 Å². The van der Waals surface area contributed by atoms with Crippen LogP contribution in [0.2, 0.25) is 0 Å². The first kappa shape index (κ1) is 15.3. The molecule has 6 heteroatoms. The van der Waals surface area contributed by atoms with Crippen molar-refractivity contribution in [3.63, 3.8) is 0 Å². The second kappa shape index (κ2) is 7.59. The van der Waals surface area contributed by atoms with Crippen LogP contribution in [0.1, 0.15) is 26.1 Å². The molecule has 0 amide bonds. The van der Waals surface area contributed by atoms with E-state index in [0.29, 0.717) is 0 Å². The van der Waals surface area contributed by atoms with Crippen LogP contribution in [-0.4, -0.2) is 21.5 Å². The van der Waals surface area contributed by atoms with Crippen molar-refractivity contribution in [3.8, 4) is 0 Å². The summed E-state index contributed by atoms with van der Waals surface area (Å²) in [6, 6.07) is 5.93. The first-order valence-electron chi connectivity index (χ1n) is 6.62. The van der Waals surface area contributed by atoms with Crippen molar-refractivity contribution in [3.05, 3.63) is 34.7 Å². The number of rotatable bonds is 6. The molecule has 20 heavy (non-hydrogen) atoms. The van der Waals surface area contributed by atoms with Gasteiger partial charge in [0.05, 0.1) is 0 Å². The zero-order valence-corrected chi connectivity index (χ0v) is 14.0. The van der Waals surface area contributed by atoms with Crippen LogP contribution in [0.4, 0.5) is 5.82 Å². The highest BCUT2D eigenvalue weighted by Gasteiger charge is 2.06. The van der Waals surface area contributed by atoms with Crippen molar-refractivity contribution in [2.24, 2.45) is 0 Å². The summed E-state index contributed by atoms with van der Waals surface area (Å²) in [6.45, 7) is 5.04. The molecule has 0 aliphatic carbocycles. The molecule has 0 unspecified atom stereocenters. The lowest BCUT2D eigenvalue weighted by Gasteiger charge is -2.08. The maximum absolute atomic E-state index is 4.58. The van der Waals surface area contributed by atoms with Crippen LogP contribution in [0.5, 0.6) is 0 Å². The van der Waals surface area contributed by atoms with Gasteiger partial charge in [0, 0.05) is 29.7 Å². The summed E-state index contributed by atoms with van der Waals surface area (Å²) in [4.78, 5) is 13.4. The van der Waals surface area contributed by atoms with Gasteiger partial charge in [-0.05, 0) is 53.2 Å². The molecule has 1 N–H and O–H groups in total. The van der Waals surface area contributed by atoms with Gasteiger partial charge in [-0.15, -0.1) is 0 Å². The Morgan fingerprint density at radius 1 is 1.20 bits per heavy atom. The lowest BCUT2D eigenvalue weighted by Crippen LogP contribution is -2.04. The number of aromatic nitrogens is 3. The third-order valence-electron chi connectivity index (χ3n) is 2.49. The molecule has 0 saturated carbocycles. The summed E-state index contributed by atoms with van der Waals surface area (Å²) in [5, 5.41) is 5.10. The van der Waals surface area contributed by atoms with Gasteiger partial charge in [0.15, 0.2) is 0 Å². The minimum absolute atomic E-state index is 0.850. The van der Waals surface area contributed by atoms with Crippen LogP contribution in [0.25, 0.3) is 0 Å². The highest BCUT2D eigenvalue weighted by Crippen LogP contribution is 2.26. The van der Waals surface area contributed by atoms with Gasteiger partial charge in [-0.1, -0.05) is 6.92 Å². The molecule has 0 bridgehead atoms. The Labute approximate surface area is 132 Å². The van der Waals surface area contributed by atoms with Gasteiger partial charge in [-0.2, -0.15) is 0 Å². The summed E-state index contributed by atoms with van der Waals surface area (Å²) in [5.74, 6) is 1.76. The highest BCUT2D eigenvalue weighted by molar-refractivity contribution is 9.10. The molecule has 0 saturated heterocycles. The summed E-state index contributed by atoms with van der Waals surface area (Å²) in [7, 11) is 0. The van der Waals surface area contributed by atoms with Crippen LogP contribution >= 0.6 is 27.7 Å². The third kappa shape index (κ3) is 4.45. The lowest BCUT2D eigenvalue weighted by atomic mass is 10.3. The molecule has 2 aromatic rings. The van der Waals surface area contributed by atoms with Gasteiger partial charge < -0.3 is 5.32 Å². The van der Waals surface area contributed by atoms with Crippen molar-refractivity contribution in [2.75, 3.05) is 11.9 Å². The second-order valence-corrected chi connectivity index (χ2v) is 6.16. The van der Waals surface area contributed by atoms with Gasteiger partial charge in [-0.25, -0.2) is 15.0 Å². The first-order chi connectivity index (χ1) is 9.71. The number of hydrogen-bond donors (Lipinski definition) is 1. The van der Waals surface area contributed by atoms with E-state index in [9.17, 15) is 0 Å². The van der Waals surface area contributed by atoms with E-state index in [2.05, 4.69) is 50.0 Å². The Balaban J connectivity index is 2.22. The fourth-order valence-electron chi connectivity index (χ4n) is 1.66. The fourth-order valence-corrected chi connectivity index (χ4v) is 2.67. The highest BCUT2D eigenvalue weighted by atomic mass is 79.9. The number of aryl methyl sites for hydroxylation is 1. The molecule has 106 valence electrons. The number of pyridine rings is 1. The molecule has 0 aromatic carbocycles. The Morgan fingerprint density at radius 2 is 2.05 bits per heavy atom. The number of nitrogens with zero attached hydrogens (tertiary/aromatic N) is 3. The minimum atomic E-state index is 0.850. The average Bonchev–Trinajstić information content (AvgIpc) is 2.42. The van der Waals surface area contributed by atoms with E-state index < -0.39 is 0 Å². The quantitative estimate of drug-likeness (QED) is 0.790. The topological polar surface area (TPSA) is 50.7 Å². The molecular weight excluding hydrogens is 336 g/mol. The summed E-state index contributed by atoms with van der Waals surface area (Å²) in [6.07, 6.45) is 3.72. The molecule has 0 aliphatic heterocycles. The zero-order valence-electron chi connectivity index (χ0n) is 11.6. The van der Waals surface area contributed by atoms with E-state index in [1.165, 1.54) is 0 Å². The van der Waals surface area contributed by atoms with E-state index in [-0.39, 0.29) is 0 Å². The lowest BCUT2D eigenvalue weighted by molar-refractivity contribution is 0.809. The Hall–Kier alpha value is -1.14. The summed E-state index contributed by atoms with van der Waals surface area (Å²) in [5.41, 5.74) is 0. The predicted octanol–water partition coefficient (Wildman–Crippen LogP) is 4.17. The zero-order chi connectivity index (χ0) is 14.4. The standard InChI is InChI=1S/C14H17BrN4S/c1-3-5-11-18-12(16-4-2)8-14(19-11)20-13-7-6-10(15)9-17-13/h6-9H,3-5H2,1-2H3,(H,16,18,19). The van der Waals surface area contributed by atoms with E-state index in [1.54, 1.807) is 18.0 Å². The summed E-state index contributed by atoms with van der Waals surface area (Å²) >= 11 is 4.94. The number of halogens is 1. The number of anilines is 1. The third-order valence-corrected chi connectivity index (χ3v) is 3.83. The number of nitrogens with one attached hydrogen (secondary N) is 1. The average molecular weight is 353 g/mol. The van der Waals surface area contributed by atoms with Gasteiger partial charge in [-0.3, -0.25) is 0 Å². The van der Waals surface area contributed by atoms with E-state index in [4.69, 9.17) is 0 Å². The van der Waals surface area contributed by atoms with Crippen molar-refractivity contribution in [2.45, 2.75) is 36.7 Å². The van der Waals surface area contributed by atoms with Crippen LogP contribution < -0.4 is 5.32 Å². The SMILES string of the molecule is CCCc1nc(NCC)cc(Sc2ccc(Br)cn2)n1. The first-order valence-corrected chi connectivity index (χ1v) is 8.23. The van der Waals surface area contributed by atoms with Crippen LogP contribution in [-0.2, 0) is 6.42 Å². The smallest absolute Gasteiger partial charge is 0.132 e. The molecule has 0 spiro atoms. The molecule has 0 radical (unpaired) electrons. The maximum Gasteiger partial charge on any atom is 0.132 e. The molecule has 4 nitrogen and oxygen atoms in total. The molecule has 2 rings (SSSR count). The van der Waals surface area contributed by atoms with E-state index in [1.807, 2.05) is 18.2 Å².